The minimum Gasteiger partial charge on any atom is -0.375 e. The van der Waals surface area contributed by atoms with Gasteiger partial charge in [0.25, 0.3) is 10.0 Å². The summed E-state index contributed by atoms with van der Waals surface area (Å²) in [5.74, 6) is 0. The van der Waals surface area contributed by atoms with Crippen molar-refractivity contribution in [1.82, 2.24) is 9.29 Å². The van der Waals surface area contributed by atoms with E-state index < -0.39 is 10.0 Å². The predicted octanol–water partition coefficient (Wildman–Crippen LogP) is 0.687. The number of aromatic amines is 1. The molecule has 2 fully saturated rings. The molecule has 2 unspecified atom stereocenters. The average Bonchev–Trinajstić information content (AvgIpc) is 2.94. The molecule has 0 radical (unpaired) electrons. The number of hydrogen-bond acceptors (Lipinski definition) is 5. The molecule has 2 aliphatic rings. The minimum absolute atomic E-state index is 0.0134. The molecule has 2 atom stereocenters. The standard InChI is InChI=1S/C11H16N2O4S2/c1-7-10(18-11(14)12-7)19(15,16)13-5-6-17-9-4-2-3-8(9)13/h8-9H,2-6H2,1H3,(H,12,14). The second-order valence-electron chi connectivity index (χ2n) is 4.95. The summed E-state index contributed by atoms with van der Waals surface area (Å²) < 4.78 is 32.7. The maximum atomic E-state index is 12.7. The number of nitrogens with zero attached hydrogens (tertiary/aromatic N) is 1. The highest BCUT2D eigenvalue weighted by Crippen LogP contribution is 2.34. The summed E-state index contributed by atoms with van der Waals surface area (Å²) in [5.41, 5.74) is 0.427. The number of thiazole rings is 1. The summed E-state index contributed by atoms with van der Waals surface area (Å²) in [5, 5.41) is 0. The van der Waals surface area contributed by atoms with Crippen LogP contribution in [0.1, 0.15) is 25.0 Å². The van der Waals surface area contributed by atoms with E-state index >= 15 is 0 Å². The summed E-state index contributed by atoms with van der Waals surface area (Å²) in [6.45, 7) is 2.42. The molecule has 0 spiro atoms. The Balaban J connectivity index is 2.00. The lowest BCUT2D eigenvalue weighted by atomic mass is 10.2. The number of H-pyrrole nitrogens is 1. The van der Waals surface area contributed by atoms with Gasteiger partial charge in [-0.3, -0.25) is 4.79 Å². The molecule has 0 aromatic carbocycles. The summed E-state index contributed by atoms with van der Waals surface area (Å²) in [6.07, 6.45) is 2.75. The fraction of sp³-hybridized carbons (Fsp3) is 0.727. The maximum absolute atomic E-state index is 12.7. The van der Waals surface area contributed by atoms with Gasteiger partial charge in [0.15, 0.2) is 4.21 Å². The summed E-state index contributed by atoms with van der Waals surface area (Å²) in [7, 11) is -3.59. The van der Waals surface area contributed by atoms with Gasteiger partial charge in [0, 0.05) is 12.2 Å². The molecule has 1 aliphatic heterocycles. The third-order valence-corrected chi connectivity index (χ3v) is 7.26. The van der Waals surface area contributed by atoms with Crippen LogP contribution in [0, 0.1) is 6.92 Å². The molecule has 106 valence electrons. The molecule has 8 heteroatoms. The molecule has 1 saturated carbocycles. The molecular formula is C11H16N2O4S2. The number of fused-ring (bicyclic) bond motifs is 1. The Morgan fingerprint density at radius 3 is 2.89 bits per heavy atom. The largest absolute Gasteiger partial charge is 0.375 e. The van der Waals surface area contributed by atoms with E-state index in [4.69, 9.17) is 4.74 Å². The number of hydrogen-bond donors (Lipinski definition) is 1. The van der Waals surface area contributed by atoms with Gasteiger partial charge in [0.2, 0.25) is 0 Å². The quantitative estimate of drug-likeness (QED) is 0.871. The molecule has 1 aliphatic carbocycles. The van der Waals surface area contributed by atoms with Crippen LogP contribution < -0.4 is 4.87 Å². The Morgan fingerprint density at radius 2 is 2.21 bits per heavy atom. The third-order valence-electron chi connectivity index (χ3n) is 3.76. The van der Waals surface area contributed by atoms with Crippen LogP contribution >= 0.6 is 11.3 Å². The molecule has 3 rings (SSSR count). The molecule has 19 heavy (non-hydrogen) atoms. The van der Waals surface area contributed by atoms with E-state index in [0.717, 1.165) is 30.6 Å². The van der Waals surface area contributed by atoms with Gasteiger partial charge in [-0.25, -0.2) is 8.42 Å². The van der Waals surface area contributed by atoms with Gasteiger partial charge in [-0.05, 0) is 26.2 Å². The number of aromatic nitrogens is 1. The first kappa shape index (κ1) is 13.3. The van der Waals surface area contributed by atoms with Crippen molar-refractivity contribution in [2.45, 2.75) is 42.5 Å². The van der Waals surface area contributed by atoms with Gasteiger partial charge in [-0.1, -0.05) is 11.3 Å². The maximum Gasteiger partial charge on any atom is 0.305 e. The Labute approximate surface area is 115 Å². The lowest BCUT2D eigenvalue weighted by molar-refractivity contribution is -0.0241. The zero-order chi connectivity index (χ0) is 13.6. The highest BCUT2D eigenvalue weighted by Gasteiger charge is 2.43. The summed E-state index contributed by atoms with van der Waals surface area (Å²) in [4.78, 5) is 13.5. The third kappa shape index (κ3) is 2.16. The van der Waals surface area contributed by atoms with Crippen molar-refractivity contribution in [3.05, 3.63) is 15.4 Å². The van der Waals surface area contributed by atoms with Crippen LogP contribution in [0.15, 0.2) is 9.00 Å². The molecule has 1 aromatic rings. The van der Waals surface area contributed by atoms with Crippen LogP contribution in [0.25, 0.3) is 0 Å². The van der Waals surface area contributed by atoms with Crippen molar-refractivity contribution in [3.8, 4) is 0 Å². The first-order chi connectivity index (χ1) is 9.00. The van der Waals surface area contributed by atoms with Crippen LogP contribution in [0.5, 0.6) is 0 Å². The lowest BCUT2D eigenvalue weighted by Crippen LogP contribution is -2.51. The minimum atomic E-state index is -3.59. The van der Waals surface area contributed by atoms with Crippen LogP contribution in [0.4, 0.5) is 0 Å². The molecular weight excluding hydrogens is 288 g/mol. The van der Waals surface area contributed by atoms with E-state index in [1.807, 2.05) is 0 Å². The monoisotopic (exact) mass is 304 g/mol. The number of aryl methyl sites for hydroxylation is 1. The first-order valence-electron chi connectivity index (χ1n) is 6.33. The molecule has 6 nitrogen and oxygen atoms in total. The molecule has 2 heterocycles. The fourth-order valence-electron chi connectivity index (χ4n) is 2.93. The Kier molecular flexibility index (Phi) is 3.28. The van der Waals surface area contributed by atoms with Gasteiger partial charge in [-0.15, -0.1) is 0 Å². The fourth-order valence-corrected chi connectivity index (χ4v) is 6.01. The molecule has 0 amide bonds. The van der Waals surface area contributed by atoms with Crippen molar-refractivity contribution < 1.29 is 13.2 Å². The van der Waals surface area contributed by atoms with Crippen molar-refractivity contribution in [3.63, 3.8) is 0 Å². The molecule has 1 aromatic heterocycles. The average molecular weight is 304 g/mol. The van der Waals surface area contributed by atoms with Gasteiger partial charge >= 0.3 is 4.87 Å². The van der Waals surface area contributed by atoms with E-state index in [-0.39, 0.29) is 21.2 Å². The van der Waals surface area contributed by atoms with Crippen molar-refractivity contribution >= 4 is 21.4 Å². The smallest absolute Gasteiger partial charge is 0.305 e. The summed E-state index contributed by atoms with van der Waals surface area (Å²) >= 11 is 0.768. The van der Waals surface area contributed by atoms with Crippen LogP contribution in [-0.2, 0) is 14.8 Å². The molecule has 0 bridgehead atoms. The second kappa shape index (κ2) is 4.69. The molecule has 1 N–H and O–H groups in total. The Bertz CT molecular complexity index is 633. The van der Waals surface area contributed by atoms with Gasteiger partial charge in [0.05, 0.1) is 18.8 Å². The van der Waals surface area contributed by atoms with Crippen LogP contribution in [0.2, 0.25) is 0 Å². The summed E-state index contributed by atoms with van der Waals surface area (Å²) in [6, 6.07) is -0.0737. The van der Waals surface area contributed by atoms with Crippen molar-refractivity contribution in [2.24, 2.45) is 0 Å². The number of morpholine rings is 1. The zero-order valence-corrected chi connectivity index (χ0v) is 12.2. The van der Waals surface area contributed by atoms with Gasteiger partial charge in [-0.2, -0.15) is 4.31 Å². The first-order valence-corrected chi connectivity index (χ1v) is 8.59. The van der Waals surface area contributed by atoms with E-state index in [9.17, 15) is 13.2 Å². The van der Waals surface area contributed by atoms with E-state index in [1.165, 1.54) is 4.31 Å². The second-order valence-corrected chi connectivity index (χ2v) is 8.02. The highest BCUT2D eigenvalue weighted by atomic mass is 32.2. The van der Waals surface area contributed by atoms with Crippen LogP contribution in [-0.4, -0.2) is 43.0 Å². The van der Waals surface area contributed by atoms with E-state index in [0.29, 0.717) is 18.8 Å². The Hall–Kier alpha value is -0.700. The van der Waals surface area contributed by atoms with Crippen molar-refractivity contribution in [2.75, 3.05) is 13.2 Å². The SMILES string of the molecule is Cc1[nH]c(=O)sc1S(=O)(=O)N1CCOC2CCCC21. The number of sulfonamides is 1. The van der Waals surface area contributed by atoms with Gasteiger partial charge < -0.3 is 9.72 Å². The van der Waals surface area contributed by atoms with Gasteiger partial charge in [0.1, 0.15) is 0 Å². The topological polar surface area (TPSA) is 79.5 Å². The Morgan fingerprint density at radius 1 is 1.42 bits per heavy atom. The van der Waals surface area contributed by atoms with E-state index in [2.05, 4.69) is 4.98 Å². The number of nitrogens with one attached hydrogen (secondary N) is 1. The zero-order valence-electron chi connectivity index (χ0n) is 10.6. The predicted molar refractivity (Wildman–Crippen MR) is 70.9 cm³/mol. The lowest BCUT2D eigenvalue weighted by Gasteiger charge is -2.36. The highest BCUT2D eigenvalue weighted by molar-refractivity contribution is 7.91. The van der Waals surface area contributed by atoms with Crippen molar-refractivity contribution in [1.29, 1.82) is 0 Å². The number of ether oxygens (including phenoxy) is 1. The van der Waals surface area contributed by atoms with E-state index in [1.54, 1.807) is 6.92 Å². The normalized spacial score (nSPS) is 28.5. The van der Waals surface area contributed by atoms with Crippen LogP contribution in [0.3, 0.4) is 0 Å². The molecule has 1 saturated heterocycles. The number of rotatable bonds is 2.